The summed E-state index contributed by atoms with van der Waals surface area (Å²) in [6, 6.07) is 12.9. The lowest BCUT2D eigenvalue weighted by Gasteiger charge is -2.38. The number of hydrogen-bond donors (Lipinski definition) is 1. The van der Waals surface area contributed by atoms with E-state index in [0.717, 1.165) is 0 Å². The molecule has 0 radical (unpaired) electrons. The highest BCUT2D eigenvalue weighted by Gasteiger charge is 2.42. The third kappa shape index (κ3) is 7.99. The van der Waals surface area contributed by atoms with Crippen LogP contribution >= 0.6 is 7.52 Å². The summed E-state index contributed by atoms with van der Waals surface area (Å²) in [4.78, 5) is 0. The zero-order chi connectivity index (χ0) is 26.7. The molecule has 1 atom stereocenters. The van der Waals surface area contributed by atoms with Gasteiger partial charge in [-0.1, -0.05) is 12.1 Å². The molecular formula is C26H39N2O8P. The van der Waals surface area contributed by atoms with Crippen molar-refractivity contribution in [1.82, 2.24) is 0 Å². The molecule has 0 aliphatic carbocycles. The van der Waals surface area contributed by atoms with Gasteiger partial charge < -0.3 is 38.8 Å². The van der Waals surface area contributed by atoms with Gasteiger partial charge in [0, 0.05) is 18.8 Å². The zero-order valence-electron chi connectivity index (χ0n) is 22.1. The predicted octanol–water partition coefficient (Wildman–Crippen LogP) is 4.31. The van der Waals surface area contributed by atoms with Crippen molar-refractivity contribution in [3.8, 4) is 23.0 Å². The van der Waals surface area contributed by atoms with Gasteiger partial charge in [0.2, 0.25) is 0 Å². The number of ether oxygens (including phenoxy) is 6. The minimum atomic E-state index is -3.31. The van der Waals surface area contributed by atoms with E-state index < -0.39 is 12.7 Å². The Kier molecular flexibility index (Phi) is 10.9. The number of hydrogen-bond acceptors (Lipinski definition) is 9. The Morgan fingerprint density at radius 1 is 0.784 bits per heavy atom. The summed E-state index contributed by atoms with van der Waals surface area (Å²) in [5.41, 5.74) is 6.26. The van der Waals surface area contributed by atoms with E-state index in [2.05, 4.69) is 0 Å². The summed E-state index contributed by atoms with van der Waals surface area (Å²) < 4.78 is 55.8. The van der Waals surface area contributed by atoms with Gasteiger partial charge in [-0.05, 0) is 45.0 Å². The summed E-state index contributed by atoms with van der Waals surface area (Å²) in [5, 5.41) is -0.655. The van der Waals surface area contributed by atoms with Gasteiger partial charge in [0.05, 0.1) is 31.6 Å². The van der Waals surface area contributed by atoms with E-state index in [1.807, 2.05) is 51.1 Å². The second-order valence-electron chi connectivity index (χ2n) is 9.21. The minimum Gasteiger partial charge on any atom is -0.487 e. The molecule has 1 unspecified atom stereocenters. The summed E-state index contributed by atoms with van der Waals surface area (Å²) in [5.74, 6) is 2.36. The smallest absolute Gasteiger partial charge is 0.302 e. The van der Waals surface area contributed by atoms with Gasteiger partial charge in [0.1, 0.15) is 33.2 Å². The van der Waals surface area contributed by atoms with Crippen molar-refractivity contribution in [2.24, 2.45) is 5.73 Å². The van der Waals surface area contributed by atoms with Crippen LogP contribution in [0.2, 0.25) is 0 Å². The van der Waals surface area contributed by atoms with Crippen LogP contribution in [-0.4, -0.2) is 71.8 Å². The number of fused-ring (bicyclic) bond motifs is 2. The SMILES string of the molecule is CN(c1ccc2c(c1)OCCOCCOc1ccccc1OCCOCCO2)P(=O)(OCN)C(C)(C)C. The lowest BCUT2D eigenvalue weighted by Crippen LogP contribution is -2.30. The molecular weight excluding hydrogens is 499 g/mol. The standard InChI is InChI=1S/C26H39N2O8P/c1-26(2,3)37(29,36-20-27)28(4)21-9-10-24-25(19-21)35-18-14-31-12-16-33-23-8-6-5-7-22(23)32-15-11-30-13-17-34-24/h5-10,19H,11-18,20,27H2,1-4H3. The van der Waals surface area contributed by atoms with Crippen molar-refractivity contribution < 1.29 is 37.5 Å². The van der Waals surface area contributed by atoms with Gasteiger partial charge in [-0.25, -0.2) is 0 Å². The van der Waals surface area contributed by atoms with Crippen molar-refractivity contribution in [3.63, 3.8) is 0 Å². The molecule has 37 heavy (non-hydrogen) atoms. The van der Waals surface area contributed by atoms with Crippen molar-refractivity contribution in [2.75, 3.05) is 71.3 Å². The summed E-state index contributed by atoms with van der Waals surface area (Å²) in [6.07, 6.45) is 0. The van der Waals surface area contributed by atoms with E-state index >= 15 is 0 Å². The Morgan fingerprint density at radius 2 is 1.24 bits per heavy atom. The lowest BCUT2D eigenvalue weighted by atomic mass is 10.2. The molecule has 2 aromatic carbocycles. The van der Waals surface area contributed by atoms with E-state index in [-0.39, 0.29) is 13.3 Å². The first-order valence-corrected chi connectivity index (χ1v) is 13.9. The van der Waals surface area contributed by atoms with E-state index in [0.29, 0.717) is 74.9 Å². The fourth-order valence-electron chi connectivity index (χ4n) is 3.65. The number of nitrogens with zero attached hydrogens (tertiary/aromatic N) is 1. The molecule has 0 saturated carbocycles. The maximum atomic E-state index is 13.8. The molecule has 3 rings (SSSR count). The Bertz CT molecular complexity index is 1030. The van der Waals surface area contributed by atoms with Crippen LogP contribution in [0.3, 0.4) is 0 Å². The van der Waals surface area contributed by atoms with Crippen LogP contribution in [-0.2, 0) is 18.6 Å². The van der Waals surface area contributed by atoms with Gasteiger partial charge >= 0.3 is 7.52 Å². The zero-order valence-corrected chi connectivity index (χ0v) is 23.0. The Balaban J connectivity index is 1.72. The molecule has 10 nitrogen and oxygen atoms in total. The first kappa shape index (κ1) is 29.1. The lowest BCUT2D eigenvalue weighted by molar-refractivity contribution is 0.0640. The highest BCUT2D eigenvalue weighted by Crippen LogP contribution is 2.62. The number of anilines is 1. The highest BCUT2D eigenvalue weighted by molar-refractivity contribution is 7.62. The van der Waals surface area contributed by atoms with E-state index in [1.165, 1.54) is 0 Å². The van der Waals surface area contributed by atoms with Crippen molar-refractivity contribution >= 4 is 13.2 Å². The number of rotatable bonds is 4. The van der Waals surface area contributed by atoms with Crippen LogP contribution in [0.1, 0.15) is 20.8 Å². The van der Waals surface area contributed by atoms with Crippen LogP contribution in [0.4, 0.5) is 5.69 Å². The molecule has 0 aromatic heterocycles. The molecule has 1 aliphatic heterocycles. The molecule has 2 aromatic rings. The first-order chi connectivity index (χ1) is 17.8. The van der Waals surface area contributed by atoms with Crippen molar-refractivity contribution in [2.45, 2.75) is 25.9 Å². The molecule has 0 fully saturated rings. The second-order valence-corrected chi connectivity index (χ2v) is 12.4. The predicted molar refractivity (Wildman–Crippen MR) is 142 cm³/mol. The summed E-state index contributed by atoms with van der Waals surface area (Å²) in [7, 11) is -1.58. The molecule has 1 heterocycles. The van der Waals surface area contributed by atoms with Gasteiger partial charge in [0.25, 0.3) is 0 Å². The largest absolute Gasteiger partial charge is 0.487 e. The fraction of sp³-hybridized carbons (Fsp3) is 0.538. The molecule has 11 heteroatoms. The normalized spacial score (nSPS) is 17.6. The van der Waals surface area contributed by atoms with Crippen molar-refractivity contribution in [3.05, 3.63) is 42.5 Å². The molecule has 2 N–H and O–H groups in total. The van der Waals surface area contributed by atoms with Gasteiger partial charge in [0.15, 0.2) is 23.0 Å². The minimum absolute atomic E-state index is 0.152. The third-order valence-corrected chi connectivity index (χ3v) is 8.80. The van der Waals surface area contributed by atoms with E-state index in [9.17, 15) is 4.57 Å². The summed E-state index contributed by atoms with van der Waals surface area (Å²) >= 11 is 0. The monoisotopic (exact) mass is 538 g/mol. The molecule has 0 spiro atoms. The van der Waals surface area contributed by atoms with Gasteiger partial charge in [-0.15, -0.1) is 0 Å². The molecule has 0 bridgehead atoms. The number of para-hydroxylation sites is 2. The highest BCUT2D eigenvalue weighted by atomic mass is 31.2. The average molecular weight is 539 g/mol. The molecule has 0 saturated heterocycles. The topological polar surface area (TPSA) is 111 Å². The van der Waals surface area contributed by atoms with Gasteiger partial charge in [-0.2, -0.15) is 0 Å². The average Bonchev–Trinajstić information content (AvgIpc) is 2.87. The van der Waals surface area contributed by atoms with Crippen molar-refractivity contribution in [1.29, 1.82) is 0 Å². The maximum absolute atomic E-state index is 13.8. The van der Waals surface area contributed by atoms with Crippen LogP contribution < -0.4 is 29.4 Å². The van der Waals surface area contributed by atoms with Crippen LogP contribution in [0.25, 0.3) is 0 Å². The third-order valence-electron chi connectivity index (χ3n) is 5.58. The Labute approximate surface area is 219 Å². The van der Waals surface area contributed by atoms with Crippen LogP contribution in [0.15, 0.2) is 42.5 Å². The quantitative estimate of drug-likeness (QED) is 0.447. The fourth-order valence-corrected chi connectivity index (χ4v) is 5.74. The summed E-state index contributed by atoms with van der Waals surface area (Å²) in [6.45, 7) is 8.29. The second kappa shape index (κ2) is 13.9. The first-order valence-electron chi connectivity index (χ1n) is 12.3. The number of benzene rings is 2. The maximum Gasteiger partial charge on any atom is 0.302 e. The molecule has 0 amide bonds. The van der Waals surface area contributed by atoms with Gasteiger partial charge in [-0.3, -0.25) is 9.09 Å². The van der Waals surface area contributed by atoms with Crippen LogP contribution in [0, 0.1) is 0 Å². The molecule has 1 aliphatic rings. The van der Waals surface area contributed by atoms with E-state index in [1.54, 1.807) is 23.9 Å². The van der Waals surface area contributed by atoms with Crippen LogP contribution in [0.5, 0.6) is 23.0 Å². The Morgan fingerprint density at radius 3 is 1.70 bits per heavy atom. The van der Waals surface area contributed by atoms with E-state index in [4.69, 9.17) is 38.7 Å². The number of nitrogens with two attached hydrogens (primary N) is 1. The molecule has 206 valence electrons. The Hall–Kier alpha value is -2.49.